The SMILES string of the molecule is Cc1cccc(Nc2cc3c4c(c2)[C@@H]2CNCC[C@@H]2N4CCOC3)c1F. The molecule has 2 aromatic carbocycles. The van der Waals surface area contributed by atoms with Crippen molar-refractivity contribution < 1.29 is 9.13 Å². The molecule has 0 radical (unpaired) electrons. The maximum Gasteiger partial charge on any atom is 0.149 e. The lowest BCUT2D eigenvalue weighted by Gasteiger charge is -2.33. The number of aryl methyl sites for hydroxylation is 1. The topological polar surface area (TPSA) is 36.5 Å². The molecule has 3 aliphatic rings. The van der Waals surface area contributed by atoms with Crippen molar-refractivity contribution in [2.24, 2.45) is 0 Å². The van der Waals surface area contributed by atoms with E-state index in [0.717, 1.165) is 38.3 Å². The maximum absolute atomic E-state index is 14.4. The summed E-state index contributed by atoms with van der Waals surface area (Å²) in [5.41, 5.74) is 6.07. The average molecular weight is 353 g/mol. The van der Waals surface area contributed by atoms with Crippen molar-refractivity contribution in [3.8, 4) is 0 Å². The Kier molecular flexibility index (Phi) is 3.87. The number of nitrogens with zero attached hydrogens (tertiary/aromatic N) is 1. The second-order valence-electron chi connectivity index (χ2n) is 7.55. The number of fused-ring (bicyclic) bond motifs is 3. The van der Waals surface area contributed by atoms with Gasteiger partial charge in [-0.1, -0.05) is 12.1 Å². The van der Waals surface area contributed by atoms with Crippen LogP contribution in [0.2, 0.25) is 0 Å². The second-order valence-corrected chi connectivity index (χ2v) is 7.55. The molecule has 0 unspecified atom stereocenters. The Labute approximate surface area is 153 Å². The Hall–Kier alpha value is -2.11. The quantitative estimate of drug-likeness (QED) is 0.864. The van der Waals surface area contributed by atoms with Crippen molar-refractivity contribution in [1.82, 2.24) is 5.32 Å². The highest BCUT2D eigenvalue weighted by Crippen LogP contribution is 2.47. The van der Waals surface area contributed by atoms with Crippen molar-refractivity contribution in [3.63, 3.8) is 0 Å². The summed E-state index contributed by atoms with van der Waals surface area (Å²) < 4.78 is 20.3. The van der Waals surface area contributed by atoms with Gasteiger partial charge in [0, 0.05) is 42.0 Å². The van der Waals surface area contributed by atoms with Crippen LogP contribution in [0.25, 0.3) is 0 Å². The molecular weight excluding hydrogens is 329 g/mol. The molecule has 2 aromatic rings. The number of ether oxygens (including phenoxy) is 1. The Morgan fingerprint density at radius 3 is 3.15 bits per heavy atom. The molecule has 3 heterocycles. The number of piperidine rings is 1. The summed E-state index contributed by atoms with van der Waals surface area (Å²) in [5.74, 6) is 0.314. The Morgan fingerprint density at radius 1 is 1.31 bits per heavy atom. The molecule has 0 amide bonds. The summed E-state index contributed by atoms with van der Waals surface area (Å²) >= 11 is 0. The highest BCUT2D eigenvalue weighted by Gasteiger charge is 2.41. The molecule has 2 atom stereocenters. The Morgan fingerprint density at radius 2 is 2.23 bits per heavy atom. The van der Waals surface area contributed by atoms with E-state index in [2.05, 4.69) is 27.7 Å². The summed E-state index contributed by atoms with van der Waals surface area (Å²) in [7, 11) is 0. The molecule has 0 aromatic heterocycles. The van der Waals surface area contributed by atoms with E-state index >= 15 is 0 Å². The fourth-order valence-electron chi connectivity index (χ4n) is 4.76. The van der Waals surface area contributed by atoms with E-state index < -0.39 is 0 Å². The van der Waals surface area contributed by atoms with Crippen molar-refractivity contribution in [2.75, 3.05) is 36.5 Å². The normalized spacial score (nSPS) is 24.0. The van der Waals surface area contributed by atoms with Crippen molar-refractivity contribution >= 4 is 17.1 Å². The van der Waals surface area contributed by atoms with Crippen LogP contribution in [-0.2, 0) is 11.3 Å². The first kappa shape index (κ1) is 16.1. The van der Waals surface area contributed by atoms with Gasteiger partial charge in [-0.15, -0.1) is 0 Å². The van der Waals surface area contributed by atoms with Crippen LogP contribution in [0, 0.1) is 12.7 Å². The molecule has 1 saturated heterocycles. The molecule has 5 heteroatoms. The van der Waals surface area contributed by atoms with Crippen LogP contribution in [0.5, 0.6) is 0 Å². The van der Waals surface area contributed by atoms with Gasteiger partial charge in [0.2, 0.25) is 0 Å². The lowest BCUT2D eigenvalue weighted by molar-refractivity contribution is 0.130. The first-order valence-corrected chi connectivity index (χ1v) is 9.46. The minimum atomic E-state index is -0.186. The van der Waals surface area contributed by atoms with Crippen LogP contribution in [0.1, 0.15) is 29.0 Å². The third-order valence-electron chi connectivity index (χ3n) is 5.96. The van der Waals surface area contributed by atoms with Crippen LogP contribution in [0.3, 0.4) is 0 Å². The van der Waals surface area contributed by atoms with E-state index in [-0.39, 0.29) is 5.82 Å². The molecule has 26 heavy (non-hydrogen) atoms. The number of benzene rings is 2. The van der Waals surface area contributed by atoms with Gasteiger partial charge < -0.3 is 20.3 Å². The van der Waals surface area contributed by atoms with E-state index in [1.54, 1.807) is 19.1 Å². The van der Waals surface area contributed by atoms with Gasteiger partial charge in [0.05, 0.1) is 18.9 Å². The minimum Gasteiger partial charge on any atom is -0.375 e. The lowest BCUT2D eigenvalue weighted by Crippen LogP contribution is -2.44. The molecule has 0 spiro atoms. The Bertz CT molecular complexity index is 853. The number of rotatable bonds is 2. The van der Waals surface area contributed by atoms with Crippen LogP contribution in [0.15, 0.2) is 30.3 Å². The van der Waals surface area contributed by atoms with E-state index in [0.29, 0.717) is 29.8 Å². The van der Waals surface area contributed by atoms with Gasteiger partial charge in [0.1, 0.15) is 5.82 Å². The van der Waals surface area contributed by atoms with E-state index in [9.17, 15) is 4.39 Å². The molecule has 0 bridgehead atoms. The Balaban J connectivity index is 1.58. The predicted molar refractivity (Wildman–Crippen MR) is 102 cm³/mol. The maximum atomic E-state index is 14.4. The van der Waals surface area contributed by atoms with Gasteiger partial charge in [-0.25, -0.2) is 4.39 Å². The number of anilines is 3. The van der Waals surface area contributed by atoms with Crippen molar-refractivity contribution in [3.05, 3.63) is 52.8 Å². The van der Waals surface area contributed by atoms with E-state index in [1.807, 2.05) is 6.07 Å². The van der Waals surface area contributed by atoms with Gasteiger partial charge in [-0.3, -0.25) is 0 Å². The van der Waals surface area contributed by atoms with Gasteiger partial charge in [0.15, 0.2) is 0 Å². The van der Waals surface area contributed by atoms with E-state index in [4.69, 9.17) is 4.74 Å². The molecule has 1 fully saturated rings. The standard InChI is InChI=1S/C21H24FN3O/c1-13-3-2-4-18(20(13)22)24-15-9-14-12-26-8-7-25-19-5-6-23-11-17(19)16(10-15)21(14)25/h2-4,9-10,17,19,23-24H,5-8,11-12H2,1H3/t17-,19-/m0/s1. The van der Waals surface area contributed by atoms with Crippen LogP contribution >= 0.6 is 0 Å². The first-order chi connectivity index (χ1) is 12.7. The van der Waals surface area contributed by atoms with E-state index in [1.165, 1.54) is 16.8 Å². The summed E-state index contributed by atoms with van der Waals surface area (Å²) in [6.07, 6.45) is 1.16. The van der Waals surface area contributed by atoms with Crippen LogP contribution < -0.4 is 15.5 Å². The second kappa shape index (κ2) is 6.25. The molecule has 0 aliphatic carbocycles. The van der Waals surface area contributed by atoms with Gasteiger partial charge in [-0.05, 0) is 49.2 Å². The highest BCUT2D eigenvalue weighted by atomic mass is 19.1. The fraction of sp³-hybridized carbons (Fsp3) is 0.429. The van der Waals surface area contributed by atoms with Crippen LogP contribution in [0.4, 0.5) is 21.5 Å². The number of hydrogen-bond acceptors (Lipinski definition) is 4. The third-order valence-corrected chi connectivity index (χ3v) is 5.96. The zero-order chi connectivity index (χ0) is 17.7. The largest absolute Gasteiger partial charge is 0.375 e. The van der Waals surface area contributed by atoms with Crippen molar-refractivity contribution in [1.29, 1.82) is 0 Å². The molecule has 2 N–H and O–H groups in total. The average Bonchev–Trinajstić information content (AvgIpc) is 2.81. The summed E-state index contributed by atoms with van der Waals surface area (Å²) in [5, 5.41) is 6.85. The zero-order valence-electron chi connectivity index (χ0n) is 15.0. The fourth-order valence-corrected chi connectivity index (χ4v) is 4.76. The smallest absolute Gasteiger partial charge is 0.149 e. The van der Waals surface area contributed by atoms with Gasteiger partial charge in [-0.2, -0.15) is 0 Å². The third kappa shape index (κ3) is 2.49. The number of hydrogen-bond donors (Lipinski definition) is 2. The molecule has 0 saturated carbocycles. The lowest BCUT2D eigenvalue weighted by atomic mass is 9.89. The van der Waals surface area contributed by atoms with Crippen molar-refractivity contribution in [2.45, 2.75) is 31.9 Å². The molecule has 4 nitrogen and oxygen atoms in total. The highest BCUT2D eigenvalue weighted by molar-refractivity contribution is 5.74. The molecule has 136 valence electrons. The summed E-state index contributed by atoms with van der Waals surface area (Å²) in [6, 6.07) is 10.4. The molecule has 3 aliphatic heterocycles. The summed E-state index contributed by atoms with van der Waals surface area (Å²) in [4.78, 5) is 2.56. The van der Waals surface area contributed by atoms with Gasteiger partial charge in [0.25, 0.3) is 0 Å². The molecule has 5 rings (SSSR count). The van der Waals surface area contributed by atoms with Crippen LogP contribution in [-0.4, -0.2) is 32.3 Å². The first-order valence-electron chi connectivity index (χ1n) is 9.46. The number of nitrogens with one attached hydrogen (secondary N) is 2. The monoisotopic (exact) mass is 353 g/mol. The predicted octanol–water partition coefficient (Wildman–Crippen LogP) is 3.67. The minimum absolute atomic E-state index is 0.186. The number of halogens is 1. The summed E-state index contributed by atoms with van der Waals surface area (Å²) in [6.45, 7) is 6.22. The zero-order valence-corrected chi connectivity index (χ0v) is 15.0. The van der Waals surface area contributed by atoms with Gasteiger partial charge >= 0.3 is 0 Å². The molecular formula is C21H24FN3O.